The van der Waals surface area contributed by atoms with Crippen molar-refractivity contribution in [2.75, 3.05) is 19.6 Å². The lowest BCUT2D eigenvalue weighted by Crippen LogP contribution is -2.49. The van der Waals surface area contributed by atoms with Gasteiger partial charge in [0.05, 0.1) is 18.1 Å². The van der Waals surface area contributed by atoms with E-state index in [1.54, 1.807) is 20.8 Å². The maximum Gasteiger partial charge on any atom is 0.407 e. The van der Waals surface area contributed by atoms with Gasteiger partial charge in [-0.1, -0.05) is 13.8 Å². The molecule has 1 rings (SSSR count). The van der Waals surface area contributed by atoms with Crippen LogP contribution in [0.2, 0.25) is 0 Å². The van der Waals surface area contributed by atoms with Gasteiger partial charge in [0.15, 0.2) is 0 Å². The molecule has 0 aromatic heterocycles. The summed E-state index contributed by atoms with van der Waals surface area (Å²) < 4.78 is 5.27. The molecule has 24 heavy (non-hydrogen) atoms. The molecule has 0 bridgehead atoms. The van der Waals surface area contributed by atoms with Crippen LogP contribution in [0.1, 0.15) is 47.5 Å². The lowest BCUT2D eigenvalue weighted by Gasteiger charge is -2.28. The highest BCUT2D eigenvalue weighted by atomic mass is 16.6. The number of carbonyl (C=O) groups excluding carboxylic acids is 2. The van der Waals surface area contributed by atoms with E-state index in [9.17, 15) is 14.7 Å². The Hall–Kier alpha value is -1.34. The number of ether oxygens (including phenoxy) is 1. The number of nitrogens with one attached hydrogen (secondary N) is 3. The molecule has 7 nitrogen and oxygen atoms in total. The fraction of sp³-hybridized carbons (Fsp3) is 0.882. The third-order valence-corrected chi connectivity index (χ3v) is 3.80. The van der Waals surface area contributed by atoms with E-state index in [1.807, 2.05) is 13.8 Å². The van der Waals surface area contributed by atoms with Gasteiger partial charge in [0.2, 0.25) is 5.91 Å². The van der Waals surface area contributed by atoms with Crippen LogP contribution in [0, 0.1) is 11.8 Å². The number of alkyl carbamates (subject to hydrolysis) is 1. The van der Waals surface area contributed by atoms with Gasteiger partial charge in [-0.25, -0.2) is 4.79 Å². The van der Waals surface area contributed by atoms with E-state index in [-0.39, 0.29) is 11.8 Å². The second-order valence-electron chi connectivity index (χ2n) is 7.88. The van der Waals surface area contributed by atoms with Gasteiger partial charge in [0, 0.05) is 19.6 Å². The van der Waals surface area contributed by atoms with Crippen molar-refractivity contribution in [3.8, 4) is 0 Å². The third-order valence-electron chi connectivity index (χ3n) is 3.80. The van der Waals surface area contributed by atoms with E-state index >= 15 is 0 Å². The summed E-state index contributed by atoms with van der Waals surface area (Å²) in [6, 6.07) is -0.398. The molecular weight excluding hydrogens is 310 g/mol. The van der Waals surface area contributed by atoms with Crippen LogP contribution in [-0.4, -0.2) is 54.5 Å². The molecule has 0 saturated carbocycles. The van der Waals surface area contributed by atoms with Crippen molar-refractivity contribution in [3.63, 3.8) is 0 Å². The topological polar surface area (TPSA) is 99.7 Å². The number of hydrogen-bond acceptors (Lipinski definition) is 5. The molecule has 0 spiro atoms. The van der Waals surface area contributed by atoms with Crippen molar-refractivity contribution in [1.82, 2.24) is 16.0 Å². The lowest BCUT2D eigenvalue weighted by atomic mass is 9.99. The minimum atomic E-state index is -0.746. The number of carbonyl (C=O) groups is 2. The molecule has 0 aromatic rings. The first kappa shape index (κ1) is 20.7. The number of amides is 2. The molecule has 1 heterocycles. The first-order chi connectivity index (χ1) is 11.1. The van der Waals surface area contributed by atoms with Crippen LogP contribution in [-0.2, 0) is 9.53 Å². The Balaban J connectivity index is 2.46. The maximum absolute atomic E-state index is 12.0. The molecule has 7 heteroatoms. The molecule has 140 valence electrons. The predicted molar refractivity (Wildman–Crippen MR) is 92.6 cm³/mol. The molecule has 0 radical (unpaired) electrons. The third kappa shape index (κ3) is 7.97. The van der Waals surface area contributed by atoms with Crippen molar-refractivity contribution < 1.29 is 19.4 Å². The Labute approximate surface area is 144 Å². The van der Waals surface area contributed by atoms with Crippen LogP contribution in [0.3, 0.4) is 0 Å². The summed E-state index contributed by atoms with van der Waals surface area (Å²) in [5, 5.41) is 19.1. The summed E-state index contributed by atoms with van der Waals surface area (Å²) in [5.74, 6) is 0.336. The van der Waals surface area contributed by atoms with Crippen LogP contribution < -0.4 is 16.0 Å². The van der Waals surface area contributed by atoms with Crippen LogP contribution in [0.5, 0.6) is 0 Å². The Morgan fingerprint density at radius 1 is 1.42 bits per heavy atom. The molecule has 3 atom stereocenters. The second-order valence-corrected chi connectivity index (χ2v) is 7.88. The minimum Gasteiger partial charge on any atom is -0.444 e. The first-order valence-corrected chi connectivity index (χ1v) is 8.74. The molecule has 1 aliphatic rings. The maximum atomic E-state index is 12.0. The zero-order valence-electron chi connectivity index (χ0n) is 15.5. The Bertz CT molecular complexity index is 421. The molecule has 2 amide bonds. The smallest absolute Gasteiger partial charge is 0.407 e. The Morgan fingerprint density at radius 2 is 2.08 bits per heavy atom. The van der Waals surface area contributed by atoms with Crippen molar-refractivity contribution in [3.05, 3.63) is 0 Å². The zero-order valence-corrected chi connectivity index (χ0v) is 15.5. The van der Waals surface area contributed by atoms with Gasteiger partial charge in [0.25, 0.3) is 0 Å². The van der Waals surface area contributed by atoms with E-state index in [0.29, 0.717) is 32.0 Å². The molecule has 1 fully saturated rings. The molecule has 0 aromatic carbocycles. The molecule has 4 N–H and O–H groups in total. The van der Waals surface area contributed by atoms with Crippen LogP contribution in [0.25, 0.3) is 0 Å². The zero-order chi connectivity index (χ0) is 18.3. The van der Waals surface area contributed by atoms with E-state index < -0.39 is 23.8 Å². The van der Waals surface area contributed by atoms with Crippen LogP contribution in [0.4, 0.5) is 4.79 Å². The summed E-state index contributed by atoms with van der Waals surface area (Å²) in [6.07, 6.45) is 0.186. The normalized spacial score (nSPS) is 20.6. The van der Waals surface area contributed by atoms with Gasteiger partial charge < -0.3 is 25.8 Å². The van der Waals surface area contributed by atoms with Gasteiger partial charge in [-0.3, -0.25) is 4.79 Å². The highest BCUT2D eigenvalue weighted by Crippen LogP contribution is 2.12. The summed E-state index contributed by atoms with van der Waals surface area (Å²) in [6.45, 7) is 11.0. The van der Waals surface area contributed by atoms with Gasteiger partial charge in [-0.2, -0.15) is 0 Å². The number of aliphatic hydroxyl groups is 1. The lowest BCUT2D eigenvalue weighted by molar-refractivity contribution is -0.122. The molecule has 0 aliphatic carbocycles. The van der Waals surface area contributed by atoms with E-state index in [1.165, 1.54) is 0 Å². The molecule has 1 saturated heterocycles. The van der Waals surface area contributed by atoms with Crippen molar-refractivity contribution in [1.29, 1.82) is 0 Å². The van der Waals surface area contributed by atoms with Gasteiger partial charge >= 0.3 is 6.09 Å². The van der Waals surface area contributed by atoms with Crippen molar-refractivity contribution in [2.45, 2.75) is 65.2 Å². The van der Waals surface area contributed by atoms with E-state index in [4.69, 9.17) is 4.74 Å². The molecule has 1 aliphatic heterocycles. The van der Waals surface area contributed by atoms with E-state index in [2.05, 4.69) is 16.0 Å². The average Bonchev–Trinajstić information content (AvgIpc) is 2.81. The van der Waals surface area contributed by atoms with Crippen LogP contribution in [0.15, 0.2) is 0 Å². The fourth-order valence-corrected chi connectivity index (χ4v) is 2.67. The van der Waals surface area contributed by atoms with Gasteiger partial charge in [0.1, 0.15) is 5.60 Å². The largest absolute Gasteiger partial charge is 0.444 e. The standard InChI is InChI=1S/C17H33N3O4/c1-11(2)8-13(20-16(23)24-17(3,4)5)14(21)10-18-9-12-6-7-19-15(12)22/h11-14,18,21H,6-10H2,1-5H3,(H,19,22)(H,20,23)/t12-,13-,14?/m0/s1. The minimum absolute atomic E-state index is 0.0421. The summed E-state index contributed by atoms with van der Waals surface area (Å²) in [5.41, 5.74) is -0.578. The summed E-state index contributed by atoms with van der Waals surface area (Å²) in [7, 11) is 0. The Morgan fingerprint density at radius 3 is 2.58 bits per heavy atom. The molecular formula is C17H33N3O4. The average molecular weight is 343 g/mol. The fourth-order valence-electron chi connectivity index (χ4n) is 2.67. The van der Waals surface area contributed by atoms with Crippen LogP contribution >= 0.6 is 0 Å². The van der Waals surface area contributed by atoms with Gasteiger partial charge in [-0.15, -0.1) is 0 Å². The predicted octanol–water partition coefficient (Wildman–Crippen LogP) is 1.01. The van der Waals surface area contributed by atoms with E-state index in [0.717, 1.165) is 6.42 Å². The SMILES string of the molecule is CC(C)C[C@H](NC(=O)OC(C)(C)C)C(O)CNC[C@@H]1CCNC1=O. The second kappa shape index (κ2) is 9.22. The Kier molecular flexibility index (Phi) is 7.96. The highest BCUT2D eigenvalue weighted by Gasteiger charge is 2.27. The van der Waals surface area contributed by atoms with Crippen molar-refractivity contribution in [2.24, 2.45) is 11.8 Å². The first-order valence-electron chi connectivity index (χ1n) is 8.74. The number of hydrogen-bond donors (Lipinski definition) is 4. The molecule has 1 unspecified atom stereocenters. The number of rotatable bonds is 8. The summed E-state index contributed by atoms with van der Waals surface area (Å²) in [4.78, 5) is 23.5. The number of aliphatic hydroxyl groups excluding tert-OH is 1. The van der Waals surface area contributed by atoms with Gasteiger partial charge in [-0.05, 0) is 39.5 Å². The summed E-state index contributed by atoms with van der Waals surface area (Å²) >= 11 is 0. The monoisotopic (exact) mass is 343 g/mol. The quantitative estimate of drug-likeness (QED) is 0.527. The van der Waals surface area contributed by atoms with Crippen molar-refractivity contribution >= 4 is 12.0 Å². The highest BCUT2D eigenvalue weighted by molar-refractivity contribution is 5.80.